The monoisotopic (exact) mass is 331 g/mol. The summed E-state index contributed by atoms with van der Waals surface area (Å²) in [6.07, 6.45) is 5.05. The van der Waals surface area contributed by atoms with Crippen LogP contribution in [0.1, 0.15) is 32.1 Å². The lowest BCUT2D eigenvalue weighted by atomic mass is 10.1. The molecular weight excluding hydrogens is 306 g/mol. The number of nitrogens with one attached hydrogen (secondary N) is 1. The van der Waals surface area contributed by atoms with E-state index in [9.17, 15) is 13.2 Å². The van der Waals surface area contributed by atoms with Crippen LogP contribution in [0.15, 0.2) is 0 Å². The van der Waals surface area contributed by atoms with E-state index in [2.05, 4.69) is 4.72 Å². The second-order valence-electron chi connectivity index (χ2n) is 6.42. The Kier molecular flexibility index (Phi) is 5.01. The fourth-order valence-corrected chi connectivity index (χ4v) is 4.87. The maximum atomic E-state index is 12.2. The van der Waals surface area contributed by atoms with Gasteiger partial charge in [0.25, 0.3) is 10.2 Å². The Balaban J connectivity index is 1.50. The summed E-state index contributed by atoms with van der Waals surface area (Å²) in [6, 6.07) is 0.383. The van der Waals surface area contributed by atoms with Gasteiger partial charge in [0.05, 0.1) is 13.2 Å². The van der Waals surface area contributed by atoms with Crippen LogP contribution in [-0.4, -0.2) is 69.0 Å². The summed E-state index contributed by atoms with van der Waals surface area (Å²) >= 11 is 0. The predicted molar refractivity (Wildman–Crippen MR) is 81.4 cm³/mol. The zero-order valence-corrected chi connectivity index (χ0v) is 13.7. The minimum atomic E-state index is -3.45. The Labute approximate surface area is 132 Å². The molecule has 1 saturated carbocycles. The van der Waals surface area contributed by atoms with Crippen LogP contribution in [0.2, 0.25) is 0 Å². The molecule has 0 aromatic rings. The fourth-order valence-electron chi connectivity index (χ4n) is 3.62. The number of morpholine rings is 1. The summed E-state index contributed by atoms with van der Waals surface area (Å²) in [5.41, 5.74) is 0. The van der Waals surface area contributed by atoms with Crippen molar-refractivity contribution in [3.8, 4) is 0 Å². The standard InChI is InChI=1S/C14H25N3O4S/c18-14-9-12(11-17(14)13-3-1-2-4-13)10-15-22(19,20)16-5-7-21-8-6-16/h12-13,15H,1-11H2. The highest BCUT2D eigenvalue weighted by Gasteiger charge is 2.36. The maximum absolute atomic E-state index is 12.2. The van der Waals surface area contributed by atoms with Gasteiger partial charge in [-0.2, -0.15) is 12.7 Å². The lowest BCUT2D eigenvalue weighted by molar-refractivity contribution is -0.129. The molecule has 1 N–H and O–H groups in total. The first-order chi connectivity index (χ1) is 10.6. The molecule has 0 bridgehead atoms. The highest BCUT2D eigenvalue weighted by atomic mass is 32.2. The van der Waals surface area contributed by atoms with E-state index in [0.29, 0.717) is 51.9 Å². The molecule has 0 spiro atoms. The summed E-state index contributed by atoms with van der Waals surface area (Å²) in [5, 5.41) is 0. The summed E-state index contributed by atoms with van der Waals surface area (Å²) in [7, 11) is -3.45. The van der Waals surface area contributed by atoms with Gasteiger partial charge in [0.15, 0.2) is 0 Å². The zero-order valence-electron chi connectivity index (χ0n) is 12.9. The fraction of sp³-hybridized carbons (Fsp3) is 0.929. The second kappa shape index (κ2) is 6.82. The van der Waals surface area contributed by atoms with Crippen molar-refractivity contribution in [2.45, 2.75) is 38.1 Å². The van der Waals surface area contributed by atoms with Gasteiger partial charge < -0.3 is 9.64 Å². The van der Waals surface area contributed by atoms with E-state index >= 15 is 0 Å². The number of carbonyl (C=O) groups excluding carboxylic acids is 1. The molecule has 8 heteroatoms. The Bertz CT molecular complexity index is 498. The third kappa shape index (κ3) is 3.61. The quantitative estimate of drug-likeness (QED) is 0.766. The predicted octanol–water partition coefficient (Wildman–Crippen LogP) is -0.0559. The maximum Gasteiger partial charge on any atom is 0.279 e. The summed E-state index contributed by atoms with van der Waals surface area (Å²) in [6.45, 7) is 2.71. The minimum absolute atomic E-state index is 0.0870. The topological polar surface area (TPSA) is 79.0 Å². The lowest BCUT2D eigenvalue weighted by Crippen LogP contribution is -2.47. The molecule has 3 aliphatic rings. The van der Waals surface area contributed by atoms with Crippen molar-refractivity contribution in [3.63, 3.8) is 0 Å². The first-order valence-electron chi connectivity index (χ1n) is 8.18. The van der Waals surface area contributed by atoms with Gasteiger partial charge in [-0.15, -0.1) is 0 Å². The van der Waals surface area contributed by atoms with E-state index in [1.165, 1.54) is 17.1 Å². The SMILES string of the molecule is O=C1CC(CNS(=O)(=O)N2CCOCC2)CN1C1CCCC1. The molecule has 1 aliphatic carbocycles. The van der Waals surface area contributed by atoms with Crippen LogP contribution < -0.4 is 4.72 Å². The second-order valence-corrected chi connectivity index (χ2v) is 8.17. The smallest absolute Gasteiger partial charge is 0.279 e. The molecule has 3 fully saturated rings. The molecule has 1 unspecified atom stereocenters. The molecule has 1 atom stereocenters. The van der Waals surface area contributed by atoms with Gasteiger partial charge in [-0.1, -0.05) is 12.8 Å². The van der Waals surface area contributed by atoms with Crippen molar-refractivity contribution < 1.29 is 17.9 Å². The normalized spacial score (nSPS) is 28.6. The van der Waals surface area contributed by atoms with Crippen molar-refractivity contribution in [2.75, 3.05) is 39.4 Å². The molecule has 0 aromatic heterocycles. The van der Waals surface area contributed by atoms with Crippen molar-refractivity contribution in [2.24, 2.45) is 5.92 Å². The number of ether oxygens (including phenoxy) is 1. The van der Waals surface area contributed by atoms with Crippen LogP contribution in [0, 0.1) is 5.92 Å². The number of nitrogens with zero attached hydrogens (tertiary/aromatic N) is 2. The first-order valence-corrected chi connectivity index (χ1v) is 9.62. The van der Waals surface area contributed by atoms with E-state index in [1.54, 1.807) is 0 Å². The van der Waals surface area contributed by atoms with Crippen LogP contribution in [0.3, 0.4) is 0 Å². The van der Waals surface area contributed by atoms with Crippen LogP contribution in [-0.2, 0) is 19.7 Å². The van der Waals surface area contributed by atoms with Crippen LogP contribution in [0.4, 0.5) is 0 Å². The lowest BCUT2D eigenvalue weighted by Gasteiger charge is -2.27. The van der Waals surface area contributed by atoms with Crippen LogP contribution >= 0.6 is 0 Å². The van der Waals surface area contributed by atoms with Crippen LogP contribution in [0.25, 0.3) is 0 Å². The molecule has 0 aromatic carbocycles. The Morgan fingerprint density at radius 3 is 2.55 bits per heavy atom. The zero-order chi connectivity index (χ0) is 15.6. The average molecular weight is 331 g/mol. The molecule has 1 amide bonds. The number of hydrogen-bond acceptors (Lipinski definition) is 4. The minimum Gasteiger partial charge on any atom is -0.379 e. The van der Waals surface area contributed by atoms with Gasteiger partial charge in [0.2, 0.25) is 5.91 Å². The largest absolute Gasteiger partial charge is 0.379 e. The molecule has 2 aliphatic heterocycles. The van der Waals surface area contributed by atoms with Gasteiger partial charge in [-0.05, 0) is 18.8 Å². The molecule has 2 heterocycles. The highest BCUT2D eigenvalue weighted by Crippen LogP contribution is 2.29. The van der Waals surface area contributed by atoms with Gasteiger partial charge in [-0.3, -0.25) is 4.79 Å². The summed E-state index contributed by atoms with van der Waals surface area (Å²) in [4.78, 5) is 14.1. The summed E-state index contributed by atoms with van der Waals surface area (Å²) in [5.74, 6) is 0.270. The molecule has 126 valence electrons. The Hall–Kier alpha value is -0.700. The van der Waals surface area contributed by atoms with E-state index in [0.717, 1.165) is 12.8 Å². The van der Waals surface area contributed by atoms with Gasteiger partial charge in [-0.25, -0.2) is 4.72 Å². The molecule has 0 radical (unpaired) electrons. The van der Waals surface area contributed by atoms with Crippen LogP contribution in [0.5, 0.6) is 0 Å². The van der Waals surface area contributed by atoms with E-state index in [1.807, 2.05) is 4.90 Å². The van der Waals surface area contributed by atoms with Crippen molar-refractivity contribution in [3.05, 3.63) is 0 Å². The van der Waals surface area contributed by atoms with E-state index in [4.69, 9.17) is 4.74 Å². The van der Waals surface area contributed by atoms with Crippen molar-refractivity contribution in [1.82, 2.24) is 13.9 Å². The Morgan fingerprint density at radius 1 is 1.18 bits per heavy atom. The van der Waals surface area contributed by atoms with E-state index in [-0.39, 0.29) is 11.8 Å². The van der Waals surface area contributed by atoms with E-state index < -0.39 is 10.2 Å². The van der Waals surface area contributed by atoms with Crippen molar-refractivity contribution in [1.29, 1.82) is 0 Å². The van der Waals surface area contributed by atoms with Gasteiger partial charge in [0.1, 0.15) is 0 Å². The third-order valence-corrected chi connectivity index (χ3v) is 6.44. The molecular formula is C14H25N3O4S. The van der Waals surface area contributed by atoms with Crippen molar-refractivity contribution >= 4 is 16.1 Å². The number of carbonyl (C=O) groups is 1. The summed E-state index contributed by atoms with van der Waals surface area (Å²) < 4.78 is 33.7. The number of amides is 1. The number of likely N-dealkylation sites (tertiary alicyclic amines) is 1. The van der Waals surface area contributed by atoms with Gasteiger partial charge >= 0.3 is 0 Å². The first kappa shape index (κ1) is 16.2. The molecule has 3 rings (SSSR count). The highest BCUT2D eigenvalue weighted by molar-refractivity contribution is 7.87. The Morgan fingerprint density at radius 2 is 1.86 bits per heavy atom. The third-order valence-electron chi connectivity index (χ3n) is 4.87. The number of rotatable bonds is 5. The average Bonchev–Trinajstić information content (AvgIpc) is 3.15. The number of hydrogen-bond donors (Lipinski definition) is 1. The van der Waals surface area contributed by atoms with Gasteiger partial charge in [0, 0.05) is 38.6 Å². The molecule has 7 nitrogen and oxygen atoms in total. The molecule has 2 saturated heterocycles. The molecule has 22 heavy (non-hydrogen) atoms.